The molecule has 1 atom stereocenters. The summed E-state index contributed by atoms with van der Waals surface area (Å²) in [5.41, 5.74) is 1.20. The molecule has 0 bridgehead atoms. The zero-order valence-corrected chi connectivity index (χ0v) is 11.5. The van der Waals surface area contributed by atoms with Crippen LogP contribution in [0.25, 0.3) is 0 Å². The Bertz CT molecular complexity index is 349. The van der Waals surface area contributed by atoms with Gasteiger partial charge < -0.3 is 10.1 Å². The molecule has 1 amide bonds. The smallest absolute Gasteiger partial charge is 0.220 e. The van der Waals surface area contributed by atoms with Crippen LogP contribution in [-0.2, 0) is 9.53 Å². The van der Waals surface area contributed by atoms with Gasteiger partial charge in [-0.3, -0.25) is 4.79 Å². The fourth-order valence-electron chi connectivity index (χ4n) is 1.73. The number of hydrogen-bond donors (Lipinski definition) is 1. The fraction of sp³-hybridized carbons (Fsp3) is 0.533. The van der Waals surface area contributed by atoms with Crippen molar-refractivity contribution in [3.8, 4) is 0 Å². The van der Waals surface area contributed by atoms with E-state index >= 15 is 0 Å². The predicted octanol–water partition coefficient (Wildman–Crippen LogP) is 2.72. The van der Waals surface area contributed by atoms with Crippen molar-refractivity contribution < 1.29 is 9.53 Å². The molecule has 18 heavy (non-hydrogen) atoms. The number of ether oxygens (including phenoxy) is 1. The van der Waals surface area contributed by atoms with Crippen LogP contribution in [0.1, 0.15) is 38.7 Å². The lowest BCUT2D eigenvalue weighted by atomic mass is 9.98. The van der Waals surface area contributed by atoms with Gasteiger partial charge in [0.1, 0.15) is 0 Å². The summed E-state index contributed by atoms with van der Waals surface area (Å²) in [5, 5.41) is 2.87. The van der Waals surface area contributed by atoms with E-state index in [9.17, 15) is 4.79 Å². The first-order valence-corrected chi connectivity index (χ1v) is 6.53. The molecule has 0 saturated heterocycles. The maximum atomic E-state index is 11.7. The lowest BCUT2D eigenvalue weighted by molar-refractivity contribution is -0.121. The Morgan fingerprint density at radius 3 is 2.50 bits per heavy atom. The Balaban J connectivity index is 2.24. The Morgan fingerprint density at radius 2 is 1.89 bits per heavy atom. The van der Waals surface area contributed by atoms with Crippen molar-refractivity contribution in [3.63, 3.8) is 0 Å². The van der Waals surface area contributed by atoms with Crippen LogP contribution in [0, 0.1) is 0 Å². The number of amides is 1. The normalized spacial score (nSPS) is 12.4. The minimum Gasteiger partial charge on any atom is -0.377 e. The molecule has 0 spiro atoms. The molecule has 1 aromatic carbocycles. The highest BCUT2D eigenvalue weighted by atomic mass is 16.5. The van der Waals surface area contributed by atoms with Gasteiger partial charge in [-0.25, -0.2) is 0 Å². The fourth-order valence-corrected chi connectivity index (χ4v) is 1.73. The van der Waals surface area contributed by atoms with Crippen molar-refractivity contribution in [2.45, 2.75) is 39.2 Å². The minimum atomic E-state index is 0.0821. The van der Waals surface area contributed by atoms with Gasteiger partial charge >= 0.3 is 0 Å². The molecule has 0 heterocycles. The van der Waals surface area contributed by atoms with Gasteiger partial charge in [0.15, 0.2) is 0 Å². The predicted molar refractivity (Wildman–Crippen MR) is 73.6 cm³/mol. The standard InChI is InChI=1S/C15H23NO2/c1-12(2)18-10-9-16-15(17)11-13(3)14-7-5-4-6-8-14/h4-8,12-13H,9-11H2,1-3H3,(H,16,17). The van der Waals surface area contributed by atoms with Crippen LogP contribution in [-0.4, -0.2) is 25.2 Å². The summed E-state index contributed by atoms with van der Waals surface area (Å²) >= 11 is 0. The number of carbonyl (C=O) groups is 1. The topological polar surface area (TPSA) is 38.3 Å². The summed E-state index contributed by atoms with van der Waals surface area (Å²) in [6.45, 7) is 7.19. The van der Waals surface area contributed by atoms with Crippen LogP contribution >= 0.6 is 0 Å². The summed E-state index contributed by atoms with van der Waals surface area (Å²) in [7, 11) is 0. The van der Waals surface area contributed by atoms with Crippen LogP contribution in [0.4, 0.5) is 0 Å². The molecule has 1 rings (SSSR count). The second kappa shape index (κ2) is 7.88. The number of nitrogens with one attached hydrogen (secondary N) is 1. The van der Waals surface area contributed by atoms with E-state index in [-0.39, 0.29) is 17.9 Å². The third-order valence-electron chi connectivity index (χ3n) is 2.74. The highest BCUT2D eigenvalue weighted by Crippen LogP contribution is 2.17. The van der Waals surface area contributed by atoms with Crippen LogP contribution in [0.15, 0.2) is 30.3 Å². The highest BCUT2D eigenvalue weighted by Gasteiger charge is 2.10. The first-order valence-electron chi connectivity index (χ1n) is 6.53. The lowest BCUT2D eigenvalue weighted by Gasteiger charge is -2.12. The third kappa shape index (κ3) is 5.82. The average Bonchev–Trinajstić information content (AvgIpc) is 2.35. The molecule has 0 aliphatic heterocycles. The summed E-state index contributed by atoms with van der Waals surface area (Å²) in [6, 6.07) is 10.1. The quantitative estimate of drug-likeness (QED) is 0.755. The van der Waals surface area contributed by atoms with Gasteiger partial charge in [-0.2, -0.15) is 0 Å². The Hall–Kier alpha value is -1.35. The van der Waals surface area contributed by atoms with E-state index in [0.29, 0.717) is 19.6 Å². The van der Waals surface area contributed by atoms with E-state index in [1.807, 2.05) is 32.0 Å². The second-order valence-electron chi connectivity index (χ2n) is 4.79. The van der Waals surface area contributed by atoms with E-state index < -0.39 is 0 Å². The number of hydrogen-bond acceptors (Lipinski definition) is 2. The van der Waals surface area contributed by atoms with Gasteiger partial charge in [0.2, 0.25) is 5.91 Å². The van der Waals surface area contributed by atoms with Gasteiger partial charge in [-0.15, -0.1) is 0 Å². The van der Waals surface area contributed by atoms with Gasteiger partial charge in [0.05, 0.1) is 12.7 Å². The third-order valence-corrected chi connectivity index (χ3v) is 2.74. The van der Waals surface area contributed by atoms with E-state index in [1.165, 1.54) is 5.56 Å². The molecular weight excluding hydrogens is 226 g/mol. The largest absolute Gasteiger partial charge is 0.377 e. The molecule has 0 aliphatic carbocycles. The van der Waals surface area contributed by atoms with Crippen molar-refractivity contribution in [1.29, 1.82) is 0 Å². The molecular formula is C15H23NO2. The average molecular weight is 249 g/mol. The highest BCUT2D eigenvalue weighted by molar-refractivity contribution is 5.76. The number of carbonyl (C=O) groups excluding carboxylic acids is 1. The maximum Gasteiger partial charge on any atom is 0.220 e. The molecule has 0 aliphatic rings. The Morgan fingerprint density at radius 1 is 1.22 bits per heavy atom. The molecule has 0 aromatic heterocycles. The van der Waals surface area contributed by atoms with Gasteiger partial charge in [0, 0.05) is 13.0 Å². The van der Waals surface area contributed by atoms with E-state index in [1.54, 1.807) is 0 Å². The zero-order valence-electron chi connectivity index (χ0n) is 11.5. The zero-order chi connectivity index (χ0) is 13.4. The summed E-state index contributed by atoms with van der Waals surface area (Å²) in [5.74, 6) is 0.330. The molecule has 1 aromatic rings. The van der Waals surface area contributed by atoms with Crippen LogP contribution in [0.2, 0.25) is 0 Å². The summed E-state index contributed by atoms with van der Waals surface area (Å²) in [6.07, 6.45) is 0.733. The van der Waals surface area contributed by atoms with Crippen molar-refractivity contribution >= 4 is 5.91 Å². The van der Waals surface area contributed by atoms with Crippen molar-refractivity contribution in [3.05, 3.63) is 35.9 Å². The molecule has 1 unspecified atom stereocenters. The molecule has 0 saturated carbocycles. The lowest BCUT2D eigenvalue weighted by Crippen LogP contribution is -2.28. The van der Waals surface area contributed by atoms with Crippen LogP contribution < -0.4 is 5.32 Å². The summed E-state index contributed by atoms with van der Waals surface area (Å²) in [4.78, 5) is 11.7. The van der Waals surface area contributed by atoms with Crippen LogP contribution in [0.5, 0.6) is 0 Å². The van der Waals surface area contributed by atoms with E-state index in [0.717, 1.165) is 0 Å². The molecule has 0 fully saturated rings. The SMILES string of the molecule is CC(C)OCCNC(=O)CC(C)c1ccccc1. The molecule has 0 radical (unpaired) electrons. The van der Waals surface area contributed by atoms with Gasteiger partial charge in [-0.1, -0.05) is 37.3 Å². The molecule has 3 nitrogen and oxygen atoms in total. The molecule has 3 heteroatoms. The van der Waals surface area contributed by atoms with Gasteiger partial charge in [-0.05, 0) is 25.3 Å². The Kier molecular flexibility index (Phi) is 6.44. The van der Waals surface area contributed by atoms with Crippen LogP contribution in [0.3, 0.4) is 0 Å². The second-order valence-corrected chi connectivity index (χ2v) is 4.79. The molecule has 1 N–H and O–H groups in total. The first kappa shape index (κ1) is 14.7. The van der Waals surface area contributed by atoms with Gasteiger partial charge in [0.25, 0.3) is 0 Å². The van der Waals surface area contributed by atoms with Crippen molar-refractivity contribution in [2.24, 2.45) is 0 Å². The van der Waals surface area contributed by atoms with E-state index in [4.69, 9.17) is 4.74 Å². The van der Waals surface area contributed by atoms with E-state index in [2.05, 4.69) is 24.4 Å². The number of benzene rings is 1. The Labute approximate surface area is 110 Å². The number of rotatable bonds is 7. The monoisotopic (exact) mass is 249 g/mol. The van der Waals surface area contributed by atoms with Crippen molar-refractivity contribution in [2.75, 3.05) is 13.2 Å². The van der Waals surface area contributed by atoms with Crippen molar-refractivity contribution in [1.82, 2.24) is 5.32 Å². The maximum absolute atomic E-state index is 11.7. The minimum absolute atomic E-state index is 0.0821. The first-order chi connectivity index (χ1) is 8.59. The molecule has 100 valence electrons. The summed E-state index contributed by atoms with van der Waals surface area (Å²) < 4.78 is 5.37.